The van der Waals surface area contributed by atoms with Crippen LogP contribution in [0.25, 0.3) is 0 Å². The molecule has 1 aliphatic heterocycles. The van der Waals surface area contributed by atoms with Gasteiger partial charge in [0.2, 0.25) is 15.9 Å². The molecule has 0 radical (unpaired) electrons. The standard InChI is InChI=1S/C27H24FN3O7S/c1-17(32)38-22-10-8-21(9-11-22)31-25(33)16-24(27(31)35)30(26(34)19-4-6-20(28)7-5-19)15-14-18-2-12-23(13-3-18)39(29,36)37/h2-13,24H,14-16H2,1H3,(H2,29,36,37). The van der Waals surface area contributed by atoms with Crippen LogP contribution in [-0.2, 0) is 30.8 Å². The largest absolute Gasteiger partial charge is 0.427 e. The molecule has 1 fully saturated rings. The number of esters is 1. The van der Waals surface area contributed by atoms with Crippen molar-refractivity contribution in [3.8, 4) is 5.75 Å². The number of sulfonamides is 1. The molecule has 39 heavy (non-hydrogen) atoms. The van der Waals surface area contributed by atoms with E-state index in [-0.39, 0.29) is 41.3 Å². The van der Waals surface area contributed by atoms with Crippen LogP contribution in [0.4, 0.5) is 10.1 Å². The number of nitrogens with zero attached hydrogens (tertiary/aromatic N) is 2. The van der Waals surface area contributed by atoms with Crippen LogP contribution in [0.3, 0.4) is 0 Å². The van der Waals surface area contributed by atoms with Crippen molar-refractivity contribution < 1.29 is 36.7 Å². The first-order valence-electron chi connectivity index (χ1n) is 11.8. The average Bonchev–Trinajstić information content (AvgIpc) is 3.18. The normalized spacial score (nSPS) is 15.4. The molecule has 1 saturated heterocycles. The third-order valence-corrected chi connectivity index (χ3v) is 7.03. The number of primary sulfonamides is 1. The number of nitrogens with two attached hydrogens (primary N) is 1. The summed E-state index contributed by atoms with van der Waals surface area (Å²) in [6.07, 6.45) is -0.0469. The van der Waals surface area contributed by atoms with E-state index in [1.807, 2.05) is 0 Å². The number of halogens is 1. The molecule has 2 N–H and O–H groups in total. The van der Waals surface area contributed by atoms with Gasteiger partial charge in [0.25, 0.3) is 11.8 Å². The molecule has 3 amide bonds. The summed E-state index contributed by atoms with van der Waals surface area (Å²) in [5.41, 5.74) is 1.04. The van der Waals surface area contributed by atoms with E-state index < -0.39 is 45.6 Å². The van der Waals surface area contributed by atoms with Gasteiger partial charge in [-0.05, 0) is 72.6 Å². The number of amides is 3. The lowest BCUT2D eigenvalue weighted by Gasteiger charge is -2.28. The van der Waals surface area contributed by atoms with E-state index in [0.717, 1.165) is 17.0 Å². The minimum Gasteiger partial charge on any atom is -0.427 e. The lowest BCUT2D eigenvalue weighted by Crippen LogP contribution is -2.46. The molecular weight excluding hydrogens is 529 g/mol. The van der Waals surface area contributed by atoms with Gasteiger partial charge in [0.15, 0.2) is 0 Å². The first-order valence-corrected chi connectivity index (χ1v) is 13.3. The van der Waals surface area contributed by atoms with Crippen molar-refractivity contribution in [1.82, 2.24) is 4.90 Å². The number of hydrogen-bond donors (Lipinski definition) is 1. The van der Waals surface area contributed by atoms with Gasteiger partial charge < -0.3 is 9.64 Å². The lowest BCUT2D eigenvalue weighted by atomic mass is 10.1. The second kappa shape index (κ2) is 11.1. The third-order valence-electron chi connectivity index (χ3n) is 6.10. The minimum absolute atomic E-state index is 0.00779. The van der Waals surface area contributed by atoms with Crippen molar-refractivity contribution in [2.45, 2.75) is 30.7 Å². The van der Waals surface area contributed by atoms with E-state index >= 15 is 0 Å². The highest BCUT2D eigenvalue weighted by atomic mass is 32.2. The Bertz CT molecular complexity index is 1520. The number of hydrogen-bond acceptors (Lipinski definition) is 7. The second-order valence-corrected chi connectivity index (χ2v) is 10.4. The van der Waals surface area contributed by atoms with E-state index in [1.165, 1.54) is 60.4 Å². The summed E-state index contributed by atoms with van der Waals surface area (Å²) in [6.45, 7) is 1.25. The molecule has 1 unspecified atom stereocenters. The highest BCUT2D eigenvalue weighted by molar-refractivity contribution is 7.89. The zero-order valence-electron chi connectivity index (χ0n) is 20.7. The summed E-state index contributed by atoms with van der Waals surface area (Å²) >= 11 is 0. The smallest absolute Gasteiger partial charge is 0.308 e. The van der Waals surface area contributed by atoms with E-state index in [0.29, 0.717) is 5.56 Å². The lowest BCUT2D eigenvalue weighted by molar-refractivity contribution is -0.132. The monoisotopic (exact) mass is 553 g/mol. The SMILES string of the molecule is CC(=O)Oc1ccc(N2C(=O)CC(N(CCc3ccc(S(N)(=O)=O)cc3)C(=O)c3ccc(F)cc3)C2=O)cc1. The molecule has 0 aliphatic carbocycles. The average molecular weight is 554 g/mol. The number of rotatable bonds is 8. The van der Waals surface area contributed by atoms with Gasteiger partial charge in [-0.15, -0.1) is 0 Å². The van der Waals surface area contributed by atoms with E-state index in [1.54, 1.807) is 12.1 Å². The highest BCUT2D eigenvalue weighted by Crippen LogP contribution is 2.28. The van der Waals surface area contributed by atoms with Crippen LogP contribution in [0.5, 0.6) is 5.75 Å². The summed E-state index contributed by atoms with van der Waals surface area (Å²) in [4.78, 5) is 53.2. The Kier molecular flexibility index (Phi) is 7.88. The summed E-state index contributed by atoms with van der Waals surface area (Å²) in [5.74, 6) is -2.55. The fourth-order valence-electron chi connectivity index (χ4n) is 4.21. The number of benzene rings is 3. The first-order chi connectivity index (χ1) is 18.4. The van der Waals surface area contributed by atoms with Crippen LogP contribution in [-0.4, -0.2) is 49.6 Å². The van der Waals surface area contributed by atoms with Gasteiger partial charge in [0.1, 0.15) is 17.6 Å². The van der Waals surface area contributed by atoms with Crippen molar-refractivity contribution in [3.05, 3.63) is 89.7 Å². The maximum atomic E-state index is 13.5. The summed E-state index contributed by atoms with van der Waals surface area (Å²) in [6, 6.07) is 15.2. The predicted molar refractivity (Wildman–Crippen MR) is 138 cm³/mol. The van der Waals surface area contributed by atoms with Gasteiger partial charge in [-0.3, -0.25) is 19.2 Å². The van der Waals surface area contributed by atoms with Crippen LogP contribution in [0.1, 0.15) is 29.3 Å². The van der Waals surface area contributed by atoms with E-state index in [4.69, 9.17) is 9.88 Å². The van der Waals surface area contributed by atoms with E-state index in [9.17, 15) is 32.0 Å². The Hall–Kier alpha value is -4.42. The minimum atomic E-state index is -3.88. The fraction of sp³-hybridized carbons (Fsp3) is 0.185. The van der Waals surface area contributed by atoms with Crippen molar-refractivity contribution in [3.63, 3.8) is 0 Å². The van der Waals surface area contributed by atoms with Crippen molar-refractivity contribution >= 4 is 39.4 Å². The molecule has 1 heterocycles. The van der Waals surface area contributed by atoms with Crippen molar-refractivity contribution in [2.24, 2.45) is 5.14 Å². The van der Waals surface area contributed by atoms with Crippen LogP contribution >= 0.6 is 0 Å². The number of imide groups is 1. The van der Waals surface area contributed by atoms with Crippen LogP contribution in [0.15, 0.2) is 77.7 Å². The van der Waals surface area contributed by atoms with Gasteiger partial charge in [-0.2, -0.15) is 0 Å². The maximum absolute atomic E-state index is 13.5. The number of carbonyl (C=O) groups is 4. The van der Waals surface area contributed by atoms with Gasteiger partial charge >= 0.3 is 5.97 Å². The van der Waals surface area contributed by atoms with Crippen LogP contribution < -0.4 is 14.8 Å². The highest BCUT2D eigenvalue weighted by Gasteiger charge is 2.44. The number of carbonyl (C=O) groups excluding carboxylic acids is 4. The van der Waals surface area contributed by atoms with E-state index in [2.05, 4.69) is 0 Å². The molecule has 0 aromatic heterocycles. The molecule has 10 nitrogen and oxygen atoms in total. The summed E-state index contributed by atoms with van der Waals surface area (Å²) in [7, 11) is -3.88. The molecule has 0 spiro atoms. The molecule has 202 valence electrons. The van der Waals surface area contributed by atoms with Gasteiger partial charge in [-0.25, -0.2) is 22.8 Å². The topological polar surface area (TPSA) is 144 Å². The first kappa shape index (κ1) is 27.6. The molecule has 1 atom stereocenters. The quantitative estimate of drug-likeness (QED) is 0.256. The number of anilines is 1. The fourth-order valence-corrected chi connectivity index (χ4v) is 4.73. The Balaban J connectivity index is 1.60. The Morgan fingerprint density at radius 3 is 2.18 bits per heavy atom. The molecular formula is C27H24FN3O7S. The summed E-state index contributed by atoms with van der Waals surface area (Å²) in [5, 5.41) is 5.14. The molecule has 1 aliphatic rings. The Morgan fingerprint density at radius 2 is 1.62 bits per heavy atom. The zero-order chi connectivity index (χ0) is 28.3. The zero-order valence-corrected chi connectivity index (χ0v) is 21.6. The Labute approximate surface area is 223 Å². The van der Waals surface area contributed by atoms with Gasteiger partial charge in [-0.1, -0.05) is 12.1 Å². The molecule has 0 bridgehead atoms. The molecule has 3 aromatic rings. The third kappa shape index (κ3) is 6.36. The number of ether oxygens (including phenoxy) is 1. The molecule has 0 saturated carbocycles. The molecule has 4 rings (SSSR count). The van der Waals surface area contributed by atoms with Gasteiger partial charge in [0, 0.05) is 19.0 Å². The van der Waals surface area contributed by atoms with Crippen LogP contribution in [0.2, 0.25) is 0 Å². The Morgan fingerprint density at radius 1 is 1.00 bits per heavy atom. The predicted octanol–water partition coefficient (Wildman–Crippen LogP) is 2.42. The summed E-state index contributed by atoms with van der Waals surface area (Å²) < 4.78 is 41.5. The molecule has 3 aromatic carbocycles. The second-order valence-electron chi connectivity index (χ2n) is 8.82. The van der Waals surface area contributed by atoms with Crippen LogP contribution in [0, 0.1) is 5.82 Å². The molecule has 12 heteroatoms. The maximum Gasteiger partial charge on any atom is 0.308 e. The van der Waals surface area contributed by atoms with Crippen molar-refractivity contribution in [2.75, 3.05) is 11.4 Å². The van der Waals surface area contributed by atoms with Gasteiger partial charge in [0.05, 0.1) is 17.0 Å². The van der Waals surface area contributed by atoms with Crippen molar-refractivity contribution in [1.29, 1.82) is 0 Å².